The Labute approximate surface area is 92.6 Å². The van der Waals surface area contributed by atoms with Gasteiger partial charge in [0.25, 0.3) is 0 Å². The summed E-state index contributed by atoms with van der Waals surface area (Å²) in [6.07, 6.45) is 2.47. The van der Waals surface area contributed by atoms with Crippen molar-refractivity contribution in [3.05, 3.63) is 0 Å². The molecule has 1 amide bonds. The lowest BCUT2D eigenvalue weighted by Gasteiger charge is -2.14. The molecular formula is C11H24N2O2. The van der Waals surface area contributed by atoms with Gasteiger partial charge in [-0.1, -0.05) is 6.92 Å². The van der Waals surface area contributed by atoms with Gasteiger partial charge in [-0.2, -0.15) is 0 Å². The molecule has 0 aliphatic heterocycles. The van der Waals surface area contributed by atoms with Gasteiger partial charge in [0.2, 0.25) is 5.91 Å². The smallest absolute Gasteiger partial charge is 0.220 e. The fraction of sp³-hybridized carbons (Fsp3) is 0.909. The Balaban J connectivity index is 3.56. The van der Waals surface area contributed by atoms with Gasteiger partial charge in [0.1, 0.15) is 0 Å². The van der Waals surface area contributed by atoms with Crippen molar-refractivity contribution in [3.63, 3.8) is 0 Å². The molecule has 4 nitrogen and oxygen atoms in total. The molecule has 0 radical (unpaired) electrons. The fourth-order valence-corrected chi connectivity index (χ4v) is 1.45. The summed E-state index contributed by atoms with van der Waals surface area (Å²) in [7, 11) is 1.63. The van der Waals surface area contributed by atoms with Gasteiger partial charge in [-0.3, -0.25) is 4.79 Å². The Kier molecular flexibility index (Phi) is 8.33. The number of rotatable bonds is 8. The Morgan fingerprint density at radius 3 is 2.60 bits per heavy atom. The molecule has 2 atom stereocenters. The van der Waals surface area contributed by atoms with Crippen LogP contribution in [0.15, 0.2) is 0 Å². The van der Waals surface area contributed by atoms with Gasteiger partial charge in [0.15, 0.2) is 0 Å². The van der Waals surface area contributed by atoms with E-state index in [0.29, 0.717) is 25.5 Å². The number of methoxy groups -OCH3 is 1. The number of carbonyl (C=O) groups excluding carboxylic acids is 1. The third-order valence-electron chi connectivity index (χ3n) is 2.35. The van der Waals surface area contributed by atoms with Crippen molar-refractivity contribution in [2.45, 2.75) is 39.2 Å². The maximum absolute atomic E-state index is 11.4. The van der Waals surface area contributed by atoms with Gasteiger partial charge >= 0.3 is 0 Å². The van der Waals surface area contributed by atoms with Crippen LogP contribution in [0.2, 0.25) is 0 Å². The van der Waals surface area contributed by atoms with E-state index in [2.05, 4.69) is 12.2 Å². The molecule has 0 heterocycles. The average Bonchev–Trinajstić information content (AvgIpc) is 2.15. The monoisotopic (exact) mass is 216 g/mol. The molecule has 0 saturated heterocycles. The highest BCUT2D eigenvalue weighted by Gasteiger charge is 2.08. The molecule has 90 valence electrons. The van der Waals surface area contributed by atoms with Crippen LogP contribution in [-0.2, 0) is 9.53 Å². The minimum Gasteiger partial charge on any atom is -0.383 e. The van der Waals surface area contributed by atoms with Crippen LogP contribution < -0.4 is 11.1 Å². The van der Waals surface area contributed by atoms with Crippen molar-refractivity contribution in [3.8, 4) is 0 Å². The molecule has 0 rings (SSSR count). The van der Waals surface area contributed by atoms with Crippen LogP contribution in [0.4, 0.5) is 0 Å². The highest BCUT2D eigenvalue weighted by molar-refractivity contribution is 5.76. The van der Waals surface area contributed by atoms with Gasteiger partial charge in [-0.25, -0.2) is 0 Å². The minimum atomic E-state index is 0.0901. The third-order valence-corrected chi connectivity index (χ3v) is 2.35. The Morgan fingerprint density at radius 2 is 2.07 bits per heavy atom. The lowest BCUT2D eigenvalue weighted by Crippen LogP contribution is -2.35. The Bertz CT molecular complexity index is 174. The Morgan fingerprint density at radius 1 is 1.40 bits per heavy atom. The molecule has 4 heteroatoms. The molecule has 3 N–H and O–H groups in total. The molecule has 15 heavy (non-hydrogen) atoms. The summed E-state index contributed by atoms with van der Waals surface area (Å²) in [6, 6.07) is 0.0901. The maximum Gasteiger partial charge on any atom is 0.220 e. The topological polar surface area (TPSA) is 64.3 Å². The van der Waals surface area contributed by atoms with Crippen molar-refractivity contribution in [1.29, 1.82) is 0 Å². The van der Waals surface area contributed by atoms with E-state index >= 15 is 0 Å². The summed E-state index contributed by atoms with van der Waals surface area (Å²) in [5.74, 6) is 0.627. The largest absolute Gasteiger partial charge is 0.383 e. The molecule has 0 aromatic rings. The van der Waals surface area contributed by atoms with Crippen LogP contribution >= 0.6 is 0 Å². The average molecular weight is 216 g/mol. The molecule has 0 aliphatic rings. The SMILES string of the molecule is COCC(C)NC(=O)CCC(C)CCN. The van der Waals surface area contributed by atoms with Crippen molar-refractivity contribution in [2.75, 3.05) is 20.3 Å². The van der Waals surface area contributed by atoms with Crippen LogP contribution in [0.25, 0.3) is 0 Å². The highest BCUT2D eigenvalue weighted by atomic mass is 16.5. The van der Waals surface area contributed by atoms with Crippen molar-refractivity contribution in [2.24, 2.45) is 11.7 Å². The quantitative estimate of drug-likeness (QED) is 0.633. The van der Waals surface area contributed by atoms with Gasteiger partial charge in [-0.15, -0.1) is 0 Å². The molecule has 0 aromatic carbocycles. The lowest BCUT2D eigenvalue weighted by atomic mass is 10.0. The first-order valence-electron chi connectivity index (χ1n) is 5.58. The van der Waals surface area contributed by atoms with E-state index in [-0.39, 0.29) is 11.9 Å². The standard InChI is InChI=1S/C11H24N2O2/c1-9(6-7-12)4-5-11(14)13-10(2)8-15-3/h9-10H,4-8,12H2,1-3H3,(H,13,14). The van der Waals surface area contributed by atoms with Crippen molar-refractivity contribution >= 4 is 5.91 Å². The van der Waals surface area contributed by atoms with E-state index in [0.717, 1.165) is 12.8 Å². The van der Waals surface area contributed by atoms with Gasteiger partial charge in [0.05, 0.1) is 6.61 Å². The minimum absolute atomic E-state index is 0.0901. The summed E-state index contributed by atoms with van der Waals surface area (Å²) < 4.78 is 4.94. The van der Waals surface area contributed by atoms with Crippen LogP contribution in [0, 0.1) is 5.92 Å². The maximum atomic E-state index is 11.4. The van der Waals surface area contributed by atoms with E-state index in [1.807, 2.05) is 6.92 Å². The number of carbonyl (C=O) groups is 1. The third kappa shape index (κ3) is 8.39. The first kappa shape index (κ1) is 14.4. The summed E-state index contributed by atoms with van der Waals surface area (Å²) in [4.78, 5) is 11.4. The number of hydrogen-bond donors (Lipinski definition) is 2. The second-order valence-corrected chi connectivity index (χ2v) is 4.15. The predicted octanol–water partition coefficient (Wildman–Crippen LogP) is 0.903. The van der Waals surface area contributed by atoms with Gasteiger partial charge in [-0.05, 0) is 32.2 Å². The van der Waals surface area contributed by atoms with E-state index in [1.165, 1.54) is 0 Å². The van der Waals surface area contributed by atoms with Gasteiger partial charge in [0, 0.05) is 19.6 Å². The number of nitrogens with one attached hydrogen (secondary N) is 1. The fourth-order valence-electron chi connectivity index (χ4n) is 1.45. The second-order valence-electron chi connectivity index (χ2n) is 4.15. The van der Waals surface area contributed by atoms with E-state index in [9.17, 15) is 4.79 Å². The summed E-state index contributed by atoms with van der Waals surface area (Å²) in [6.45, 7) is 5.32. The zero-order valence-corrected chi connectivity index (χ0v) is 10.1. The van der Waals surface area contributed by atoms with Crippen molar-refractivity contribution in [1.82, 2.24) is 5.32 Å². The van der Waals surface area contributed by atoms with E-state index < -0.39 is 0 Å². The zero-order valence-electron chi connectivity index (χ0n) is 10.1. The molecule has 0 fully saturated rings. The molecule has 0 aromatic heterocycles. The molecular weight excluding hydrogens is 192 g/mol. The highest BCUT2D eigenvalue weighted by Crippen LogP contribution is 2.08. The van der Waals surface area contributed by atoms with E-state index in [4.69, 9.17) is 10.5 Å². The lowest BCUT2D eigenvalue weighted by molar-refractivity contribution is -0.122. The van der Waals surface area contributed by atoms with Crippen LogP contribution in [0.3, 0.4) is 0 Å². The number of hydrogen-bond acceptors (Lipinski definition) is 3. The molecule has 0 spiro atoms. The summed E-state index contributed by atoms with van der Waals surface area (Å²) >= 11 is 0. The predicted molar refractivity (Wildman–Crippen MR) is 61.6 cm³/mol. The van der Waals surface area contributed by atoms with Crippen LogP contribution in [0.5, 0.6) is 0 Å². The van der Waals surface area contributed by atoms with E-state index in [1.54, 1.807) is 7.11 Å². The normalized spacial score (nSPS) is 14.7. The molecule has 0 aliphatic carbocycles. The number of amides is 1. The summed E-state index contributed by atoms with van der Waals surface area (Å²) in [5, 5.41) is 2.88. The van der Waals surface area contributed by atoms with Gasteiger partial charge < -0.3 is 15.8 Å². The zero-order chi connectivity index (χ0) is 11.7. The van der Waals surface area contributed by atoms with Crippen LogP contribution in [0.1, 0.15) is 33.1 Å². The molecule has 0 saturated carbocycles. The first-order chi connectivity index (χ1) is 7.10. The second kappa shape index (κ2) is 8.68. The Hall–Kier alpha value is -0.610. The molecule has 0 bridgehead atoms. The summed E-state index contributed by atoms with van der Waals surface area (Å²) in [5.41, 5.74) is 5.44. The number of ether oxygens (including phenoxy) is 1. The van der Waals surface area contributed by atoms with Crippen LogP contribution in [-0.4, -0.2) is 32.2 Å². The first-order valence-corrected chi connectivity index (χ1v) is 5.58. The molecule has 2 unspecified atom stereocenters. The van der Waals surface area contributed by atoms with Crippen molar-refractivity contribution < 1.29 is 9.53 Å². The number of nitrogens with two attached hydrogens (primary N) is 1.